The van der Waals surface area contributed by atoms with Gasteiger partial charge >= 0.3 is 0 Å². The number of hydrogen-bond donors (Lipinski definition) is 0. The number of rotatable bonds is 2. The third-order valence-electron chi connectivity index (χ3n) is 7.17. The van der Waals surface area contributed by atoms with Gasteiger partial charge in [0.25, 0.3) is 5.91 Å². The zero-order chi connectivity index (χ0) is 22.0. The summed E-state index contributed by atoms with van der Waals surface area (Å²) >= 11 is 0. The summed E-state index contributed by atoms with van der Waals surface area (Å²) in [6.45, 7) is 2.04. The summed E-state index contributed by atoms with van der Waals surface area (Å²) in [5, 5.41) is 4.30. The maximum atomic E-state index is 13.7. The third kappa shape index (κ3) is 2.60. The maximum Gasteiger partial charge on any atom is 0.254 e. The van der Waals surface area contributed by atoms with Gasteiger partial charge in [-0.15, -0.1) is 0 Å². The largest absolute Gasteiger partial charge is 0.332 e. The van der Waals surface area contributed by atoms with Gasteiger partial charge in [-0.1, -0.05) is 30.3 Å². The first-order valence-corrected chi connectivity index (χ1v) is 11.0. The van der Waals surface area contributed by atoms with E-state index in [-0.39, 0.29) is 11.4 Å². The van der Waals surface area contributed by atoms with Gasteiger partial charge < -0.3 is 4.90 Å². The molecule has 0 saturated heterocycles. The van der Waals surface area contributed by atoms with Gasteiger partial charge in [-0.05, 0) is 66.3 Å². The first-order chi connectivity index (χ1) is 15.5. The Labute approximate surface area is 187 Å². The molecule has 0 N–H and O–H groups in total. The predicted molar refractivity (Wildman–Crippen MR) is 125 cm³/mol. The molecule has 0 unspecified atom stereocenters. The number of fused-ring (bicyclic) bond motifs is 4. The molecular weight excluding hydrogens is 396 g/mol. The number of pyridine rings is 1. The fourth-order valence-corrected chi connectivity index (χ4v) is 5.18. The van der Waals surface area contributed by atoms with E-state index in [1.165, 1.54) is 5.56 Å². The second-order valence-electron chi connectivity index (χ2n) is 8.89. The molecule has 2 aromatic heterocycles. The Balaban J connectivity index is 1.60. The first kappa shape index (κ1) is 19.0. The van der Waals surface area contributed by atoms with E-state index in [1.54, 1.807) is 6.20 Å². The van der Waals surface area contributed by atoms with Crippen LogP contribution in [-0.4, -0.2) is 32.6 Å². The van der Waals surface area contributed by atoms with Crippen molar-refractivity contribution in [3.05, 3.63) is 83.8 Å². The summed E-state index contributed by atoms with van der Waals surface area (Å²) in [5.74, 6) is 0.0804. The van der Waals surface area contributed by atoms with Crippen LogP contribution in [0.15, 0.2) is 67.0 Å². The molecule has 1 fully saturated rings. The zero-order valence-corrected chi connectivity index (χ0v) is 18.5. The minimum absolute atomic E-state index is 0.0804. The van der Waals surface area contributed by atoms with Crippen molar-refractivity contribution >= 4 is 5.91 Å². The fourth-order valence-electron chi connectivity index (χ4n) is 5.18. The fraction of sp³-hybridized carbons (Fsp3) is 0.222. The van der Waals surface area contributed by atoms with Gasteiger partial charge in [-0.3, -0.25) is 14.5 Å². The van der Waals surface area contributed by atoms with Crippen molar-refractivity contribution in [2.75, 3.05) is 7.05 Å². The van der Waals surface area contributed by atoms with Crippen LogP contribution >= 0.6 is 0 Å². The molecule has 2 aliphatic rings. The molecule has 4 aromatic rings. The van der Waals surface area contributed by atoms with Gasteiger partial charge in [0.1, 0.15) is 0 Å². The van der Waals surface area contributed by atoms with Crippen LogP contribution in [-0.2, 0) is 12.6 Å². The molecule has 5 nitrogen and oxygen atoms in total. The van der Waals surface area contributed by atoms with Crippen molar-refractivity contribution in [2.24, 2.45) is 7.05 Å². The summed E-state index contributed by atoms with van der Waals surface area (Å²) in [6.07, 6.45) is 5.60. The van der Waals surface area contributed by atoms with Crippen LogP contribution < -0.4 is 0 Å². The van der Waals surface area contributed by atoms with Crippen LogP contribution in [0.25, 0.3) is 33.5 Å². The highest BCUT2D eigenvalue weighted by molar-refractivity contribution is 6.05. The highest BCUT2D eigenvalue weighted by Crippen LogP contribution is 2.56. The molecule has 1 amide bonds. The lowest BCUT2D eigenvalue weighted by atomic mass is 9.88. The Morgan fingerprint density at radius 2 is 1.62 bits per heavy atom. The average Bonchev–Trinajstić information content (AvgIpc) is 3.52. The summed E-state index contributed by atoms with van der Waals surface area (Å²) in [4.78, 5) is 20.1. The Morgan fingerprint density at radius 3 is 2.34 bits per heavy atom. The molecule has 158 valence electrons. The van der Waals surface area contributed by atoms with Crippen molar-refractivity contribution in [2.45, 2.75) is 25.3 Å². The Hall–Kier alpha value is -3.73. The molecule has 1 spiro atoms. The monoisotopic (exact) mass is 420 g/mol. The number of nitrogens with zero attached hydrogens (tertiary/aromatic N) is 4. The molecule has 1 aliphatic carbocycles. The number of hydrogen-bond acceptors (Lipinski definition) is 3. The average molecular weight is 421 g/mol. The third-order valence-corrected chi connectivity index (χ3v) is 7.17. The number of aromatic nitrogens is 3. The van der Waals surface area contributed by atoms with Crippen molar-refractivity contribution in [3.63, 3.8) is 0 Å². The molecule has 3 heterocycles. The van der Waals surface area contributed by atoms with E-state index in [1.807, 2.05) is 55.0 Å². The van der Waals surface area contributed by atoms with Crippen molar-refractivity contribution < 1.29 is 4.79 Å². The van der Waals surface area contributed by atoms with E-state index in [9.17, 15) is 4.79 Å². The van der Waals surface area contributed by atoms with Crippen LogP contribution in [0.3, 0.4) is 0 Å². The van der Waals surface area contributed by atoms with E-state index >= 15 is 0 Å². The number of amides is 1. The summed E-state index contributed by atoms with van der Waals surface area (Å²) in [6, 6.07) is 18.9. The van der Waals surface area contributed by atoms with Gasteiger partial charge in [-0.25, -0.2) is 0 Å². The quantitative estimate of drug-likeness (QED) is 0.448. The molecule has 0 radical (unpaired) electrons. The summed E-state index contributed by atoms with van der Waals surface area (Å²) < 4.78 is 1.84. The lowest BCUT2D eigenvalue weighted by molar-refractivity contribution is 0.0710. The number of benzene rings is 2. The van der Waals surface area contributed by atoms with E-state index in [4.69, 9.17) is 0 Å². The van der Waals surface area contributed by atoms with Crippen molar-refractivity contribution in [1.82, 2.24) is 19.7 Å². The van der Waals surface area contributed by atoms with Crippen LogP contribution in [0, 0.1) is 6.92 Å². The number of carbonyl (C=O) groups excluding carboxylic acids is 1. The number of carbonyl (C=O) groups is 1. The molecule has 1 aliphatic heterocycles. The molecule has 1 saturated carbocycles. The lowest BCUT2D eigenvalue weighted by Crippen LogP contribution is -2.36. The van der Waals surface area contributed by atoms with Gasteiger partial charge in [0.15, 0.2) is 0 Å². The first-order valence-electron chi connectivity index (χ1n) is 11.0. The van der Waals surface area contributed by atoms with Gasteiger partial charge in [0.05, 0.1) is 11.2 Å². The lowest BCUT2D eigenvalue weighted by Gasteiger charge is -2.28. The predicted octanol–water partition coefficient (Wildman–Crippen LogP) is 5.20. The van der Waals surface area contributed by atoms with Gasteiger partial charge in [-0.2, -0.15) is 5.10 Å². The van der Waals surface area contributed by atoms with Gasteiger partial charge in [0, 0.05) is 48.9 Å². The Kier molecular flexibility index (Phi) is 3.94. The molecular formula is C27H24N4O. The second-order valence-corrected chi connectivity index (χ2v) is 8.89. The van der Waals surface area contributed by atoms with E-state index in [0.717, 1.165) is 57.6 Å². The van der Waals surface area contributed by atoms with E-state index < -0.39 is 0 Å². The summed E-state index contributed by atoms with van der Waals surface area (Å²) in [5.41, 5.74) is 9.17. The SMILES string of the molecule is Cc1ncccc1-c1ccc2c(c1)-c1ccc(-c3ccnn3C)cc1C(=O)N(C)C21CC1. The van der Waals surface area contributed by atoms with E-state index in [0.29, 0.717) is 0 Å². The molecule has 0 bridgehead atoms. The Bertz CT molecular complexity index is 1400. The van der Waals surface area contributed by atoms with Crippen LogP contribution in [0.4, 0.5) is 0 Å². The Morgan fingerprint density at radius 1 is 0.844 bits per heavy atom. The van der Waals surface area contributed by atoms with Crippen molar-refractivity contribution in [3.8, 4) is 33.5 Å². The standard InChI is InChI=1S/C27H24N4O/c1-17-20(5-4-13-28-17)18-7-9-24-22(15-18)21-8-6-19(25-10-14-29-31(25)3)16-23(21)26(32)30(2)27(24)11-12-27/h4-10,13-16H,11-12H2,1-3H3. The summed E-state index contributed by atoms with van der Waals surface area (Å²) in [7, 11) is 3.87. The van der Waals surface area contributed by atoms with Crippen LogP contribution in [0.1, 0.15) is 34.5 Å². The number of aryl methyl sites for hydroxylation is 2. The topological polar surface area (TPSA) is 51.0 Å². The van der Waals surface area contributed by atoms with Crippen LogP contribution in [0.5, 0.6) is 0 Å². The molecule has 0 atom stereocenters. The van der Waals surface area contributed by atoms with Gasteiger partial charge in [0.2, 0.25) is 0 Å². The molecule has 5 heteroatoms. The maximum absolute atomic E-state index is 13.7. The highest BCUT2D eigenvalue weighted by Gasteiger charge is 2.53. The smallest absolute Gasteiger partial charge is 0.254 e. The van der Waals surface area contributed by atoms with Crippen LogP contribution in [0.2, 0.25) is 0 Å². The minimum Gasteiger partial charge on any atom is -0.332 e. The second kappa shape index (κ2) is 6.63. The normalized spacial score (nSPS) is 16.0. The molecule has 2 aromatic carbocycles. The molecule has 32 heavy (non-hydrogen) atoms. The zero-order valence-electron chi connectivity index (χ0n) is 18.5. The van der Waals surface area contributed by atoms with E-state index in [2.05, 4.69) is 46.5 Å². The molecule has 6 rings (SSSR count). The van der Waals surface area contributed by atoms with Crippen molar-refractivity contribution in [1.29, 1.82) is 0 Å². The highest BCUT2D eigenvalue weighted by atomic mass is 16.2. The minimum atomic E-state index is -0.208.